The third-order valence-corrected chi connectivity index (χ3v) is 4.46. The number of nitrogens with zero attached hydrogens (tertiary/aromatic N) is 2. The Balaban J connectivity index is 1.64. The van der Waals surface area contributed by atoms with Crippen LogP contribution >= 0.6 is 15.9 Å². The van der Waals surface area contributed by atoms with Crippen molar-refractivity contribution in [3.8, 4) is 0 Å². The van der Waals surface area contributed by atoms with Gasteiger partial charge in [-0.3, -0.25) is 4.79 Å². The number of rotatable bonds is 2. The van der Waals surface area contributed by atoms with E-state index in [1.807, 2.05) is 17.0 Å². The van der Waals surface area contributed by atoms with Crippen LogP contribution in [0.2, 0.25) is 0 Å². The van der Waals surface area contributed by atoms with E-state index in [1.165, 1.54) is 6.07 Å². The van der Waals surface area contributed by atoms with Crippen LogP contribution in [0, 0.1) is 11.6 Å². The molecule has 0 saturated carbocycles. The van der Waals surface area contributed by atoms with Crippen molar-refractivity contribution in [1.82, 2.24) is 4.90 Å². The van der Waals surface area contributed by atoms with Crippen molar-refractivity contribution in [3.05, 3.63) is 64.1 Å². The average Bonchev–Trinajstić information content (AvgIpc) is 2.57. The average molecular weight is 381 g/mol. The van der Waals surface area contributed by atoms with Crippen LogP contribution in [-0.2, 0) is 0 Å². The Labute approximate surface area is 141 Å². The van der Waals surface area contributed by atoms with E-state index < -0.39 is 11.6 Å². The molecule has 1 fully saturated rings. The Bertz CT molecular complexity index is 713. The van der Waals surface area contributed by atoms with Crippen molar-refractivity contribution in [2.24, 2.45) is 0 Å². The summed E-state index contributed by atoms with van der Waals surface area (Å²) in [4.78, 5) is 16.2. The largest absolute Gasteiger partial charge is 0.368 e. The number of carbonyl (C=O) groups is 1. The molecule has 0 N–H and O–H groups in total. The summed E-state index contributed by atoms with van der Waals surface area (Å²) in [7, 11) is 0. The van der Waals surface area contributed by atoms with Crippen LogP contribution in [0.3, 0.4) is 0 Å². The summed E-state index contributed by atoms with van der Waals surface area (Å²) < 4.78 is 27.3. The zero-order valence-electron chi connectivity index (χ0n) is 12.3. The maximum atomic E-state index is 13.3. The van der Waals surface area contributed by atoms with Crippen LogP contribution < -0.4 is 4.90 Å². The van der Waals surface area contributed by atoms with Gasteiger partial charge in [0, 0.05) is 48.0 Å². The number of hydrogen-bond acceptors (Lipinski definition) is 2. The predicted molar refractivity (Wildman–Crippen MR) is 88.6 cm³/mol. The van der Waals surface area contributed by atoms with Crippen molar-refractivity contribution in [3.63, 3.8) is 0 Å². The van der Waals surface area contributed by atoms with E-state index >= 15 is 0 Å². The van der Waals surface area contributed by atoms with Gasteiger partial charge in [0.25, 0.3) is 5.91 Å². The fraction of sp³-hybridized carbons (Fsp3) is 0.235. The van der Waals surface area contributed by atoms with Crippen LogP contribution in [0.1, 0.15) is 10.4 Å². The first-order valence-corrected chi connectivity index (χ1v) is 8.09. The minimum atomic E-state index is -0.851. The van der Waals surface area contributed by atoms with Crippen molar-refractivity contribution in [1.29, 1.82) is 0 Å². The topological polar surface area (TPSA) is 23.6 Å². The number of carbonyl (C=O) groups excluding carboxylic acids is 1. The molecule has 2 aromatic carbocycles. The van der Waals surface area contributed by atoms with Gasteiger partial charge in [-0.25, -0.2) is 8.78 Å². The Hall–Kier alpha value is -1.95. The van der Waals surface area contributed by atoms with Crippen LogP contribution in [0.4, 0.5) is 14.5 Å². The molecule has 1 aliphatic heterocycles. The molecule has 0 radical (unpaired) electrons. The highest BCUT2D eigenvalue weighted by atomic mass is 79.9. The monoisotopic (exact) mass is 380 g/mol. The lowest BCUT2D eigenvalue weighted by atomic mass is 10.1. The molecule has 3 nitrogen and oxygen atoms in total. The number of piperazine rings is 1. The highest BCUT2D eigenvalue weighted by molar-refractivity contribution is 9.10. The van der Waals surface area contributed by atoms with Gasteiger partial charge in [-0.1, -0.05) is 15.9 Å². The number of halogens is 3. The molecule has 3 rings (SSSR count). The molecule has 1 amide bonds. The lowest BCUT2D eigenvalue weighted by Crippen LogP contribution is -2.48. The normalized spacial score (nSPS) is 14.9. The van der Waals surface area contributed by atoms with E-state index in [4.69, 9.17) is 0 Å². The molecule has 0 bridgehead atoms. The fourth-order valence-corrected chi connectivity index (χ4v) is 2.89. The number of hydrogen-bond donors (Lipinski definition) is 0. The second-order valence-electron chi connectivity index (χ2n) is 5.38. The van der Waals surface area contributed by atoms with Crippen LogP contribution in [0.15, 0.2) is 46.9 Å². The molecule has 23 heavy (non-hydrogen) atoms. The van der Waals surface area contributed by atoms with E-state index in [-0.39, 0.29) is 5.91 Å². The second kappa shape index (κ2) is 6.66. The molecule has 0 aliphatic carbocycles. The maximum absolute atomic E-state index is 13.3. The van der Waals surface area contributed by atoms with Gasteiger partial charge in [0.1, 0.15) is 0 Å². The van der Waals surface area contributed by atoms with Crippen LogP contribution in [-0.4, -0.2) is 37.0 Å². The summed E-state index contributed by atoms with van der Waals surface area (Å²) in [5.41, 5.74) is 1.29. The van der Waals surface area contributed by atoms with Crippen molar-refractivity contribution < 1.29 is 13.6 Å². The summed E-state index contributed by atoms with van der Waals surface area (Å²) in [5.74, 6) is -1.71. The molecule has 6 heteroatoms. The van der Waals surface area contributed by atoms with Gasteiger partial charge in [0.2, 0.25) is 0 Å². The second-order valence-corrected chi connectivity index (χ2v) is 6.30. The van der Waals surface area contributed by atoms with Crippen LogP contribution in [0.5, 0.6) is 0 Å². The lowest BCUT2D eigenvalue weighted by molar-refractivity contribution is 0.0746. The lowest BCUT2D eigenvalue weighted by Gasteiger charge is -2.36. The number of benzene rings is 2. The fourth-order valence-electron chi connectivity index (χ4n) is 2.62. The van der Waals surface area contributed by atoms with E-state index in [0.717, 1.165) is 10.5 Å². The van der Waals surface area contributed by atoms with Gasteiger partial charge in [0.05, 0.1) is 0 Å². The number of anilines is 1. The highest BCUT2D eigenvalue weighted by Gasteiger charge is 2.22. The smallest absolute Gasteiger partial charge is 0.253 e. The Kier molecular flexibility index (Phi) is 4.61. The molecule has 120 valence electrons. The summed E-state index contributed by atoms with van der Waals surface area (Å²) >= 11 is 3.35. The van der Waals surface area contributed by atoms with E-state index in [2.05, 4.69) is 15.9 Å². The van der Waals surface area contributed by atoms with E-state index in [9.17, 15) is 13.6 Å². The van der Waals surface area contributed by atoms with Crippen LogP contribution in [0.25, 0.3) is 0 Å². The van der Waals surface area contributed by atoms with E-state index in [0.29, 0.717) is 37.4 Å². The first-order valence-electron chi connectivity index (χ1n) is 7.29. The minimum absolute atomic E-state index is 0.0116. The van der Waals surface area contributed by atoms with E-state index in [1.54, 1.807) is 23.1 Å². The number of amides is 1. The summed E-state index contributed by atoms with van der Waals surface area (Å²) in [6, 6.07) is 11.1. The van der Waals surface area contributed by atoms with Gasteiger partial charge in [-0.05, 0) is 36.4 Å². The quantitative estimate of drug-likeness (QED) is 0.792. The van der Waals surface area contributed by atoms with Gasteiger partial charge in [0.15, 0.2) is 11.6 Å². The summed E-state index contributed by atoms with van der Waals surface area (Å²) in [6.07, 6.45) is 0. The first-order chi connectivity index (χ1) is 11.0. The molecule has 1 saturated heterocycles. The third kappa shape index (κ3) is 3.52. The van der Waals surface area contributed by atoms with Gasteiger partial charge in [-0.15, -0.1) is 0 Å². The molecule has 1 heterocycles. The van der Waals surface area contributed by atoms with Gasteiger partial charge in [-0.2, -0.15) is 0 Å². The molecule has 0 spiro atoms. The van der Waals surface area contributed by atoms with Crippen molar-refractivity contribution >= 4 is 27.5 Å². The zero-order valence-corrected chi connectivity index (χ0v) is 13.9. The molecule has 0 atom stereocenters. The Morgan fingerprint density at radius 3 is 2.17 bits per heavy atom. The van der Waals surface area contributed by atoms with Crippen molar-refractivity contribution in [2.45, 2.75) is 0 Å². The van der Waals surface area contributed by atoms with Crippen molar-refractivity contribution in [2.75, 3.05) is 31.1 Å². The first kappa shape index (κ1) is 15.9. The molecular weight excluding hydrogens is 366 g/mol. The summed E-state index contributed by atoms with van der Waals surface area (Å²) in [5, 5.41) is 0. The predicted octanol–water partition coefficient (Wildman–Crippen LogP) is 3.69. The zero-order chi connectivity index (χ0) is 16.4. The molecule has 1 aliphatic rings. The maximum Gasteiger partial charge on any atom is 0.253 e. The molecule has 2 aromatic rings. The SMILES string of the molecule is O=C(c1ccc(Br)cc1)N1CCN(c2ccc(F)c(F)c2)CC1. The standard InChI is InChI=1S/C17H15BrF2N2O/c18-13-3-1-12(2-4-13)17(23)22-9-7-21(8-10-22)14-5-6-15(19)16(20)11-14/h1-6,11H,7-10H2. The van der Waals surface area contributed by atoms with Gasteiger partial charge >= 0.3 is 0 Å². The molecule has 0 unspecified atom stereocenters. The summed E-state index contributed by atoms with van der Waals surface area (Å²) in [6.45, 7) is 2.28. The Morgan fingerprint density at radius 1 is 0.913 bits per heavy atom. The third-order valence-electron chi connectivity index (χ3n) is 3.93. The highest BCUT2D eigenvalue weighted by Crippen LogP contribution is 2.20. The molecule has 0 aromatic heterocycles. The Morgan fingerprint density at radius 2 is 1.57 bits per heavy atom. The van der Waals surface area contributed by atoms with Gasteiger partial charge < -0.3 is 9.80 Å². The minimum Gasteiger partial charge on any atom is -0.368 e. The molecular formula is C17H15BrF2N2O.